The van der Waals surface area contributed by atoms with Crippen LogP contribution in [-0.2, 0) is 24.7 Å². The normalized spacial score (nSPS) is 24.2. The van der Waals surface area contributed by atoms with Crippen LogP contribution in [0.3, 0.4) is 0 Å². The van der Waals surface area contributed by atoms with Gasteiger partial charge >= 0.3 is 264 Å². The van der Waals surface area contributed by atoms with E-state index in [-0.39, 0.29) is 26.4 Å². The standard InChI is InChI=1S/C28H19Cl2FIN4O7/c1-43-26(39)13-5-8-19(20(9-13)36(41)42)34-11-32-24-21(25(34)38)22(15-3-2-4-17(30)23(15)31)28(35(24)12-37)16-7-6-14(29)10-18(16)33-27(28)40/h2-10,12,21-22,24H,11H2,1H3,(H,33,40)/q-1/t21-,22-,24+,28+/m0/s1. The summed E-state index contributed by atoms with van der Waals surface area (Å²) in [6, 6.07) is 12.4. The van der Waals surface area contributed by atoms with Crippen molar-refractivity contribution in [1.29, 1.82) is 0 Å². The van der Waals surface area contributed by atoms with Gasteiger partial charge in [-0.1, -0.05) is 0 Å². The Morgan fingerprint density at radius 1 is 1.21 bits per heavy atom. The number of amides is 3. The number of carbonyl (C=O) groups excluding carboxylic acids is 4. The molecule has 15 heteroatoms. The van der Waals surface area contributed by atoms with Gasteiger partial charge in [0, 0.05) is 0 Å². The van der Waals surface area contributed by atoms with Gasteiger partial charge in [-0.05, 0) is 0 Å². The van der Waals surface area contributed by atoms with Gasteiger partial charge in [-0.15, -0.1) is 0 Å². The van der Waals surface area contributed by atoms with E-state index in [4.69, 9.17) is 23.2 Å². The molecule has 0 saturated carbocycles. The minimum absolute atomic E-state index is 0.0392. The number of hydrogen-bond acceptors (Lipinski definition) is 7. The van der Waals surface area contributed by atoms with Gasteiger partial charge in [-0.25, -0.2) is 0 Å². The summed E-state index contributed by atoms with van der Waals surface area (Å²) in [4.78, 5) is 67.3. The number of likely N-dealkylation sites (tertiary alicyclic amines) is 1. The summed E-state index contributed by atoms with van der Waals surface area (Å²) in [5.74, 6) is -5.37. The maximum atomic E-state index is 15.9. The van der Waals surface area contributed by atoms with Gasteiger partial charge in [0.2, 0.25) is 0 Å². The first-order valence-electron chi connectivity index (χ1n) is 12.6. The fraction of sp³-hybridized carbons (Fsp3) is 0.214. The Bertz CT molecular complexity index is 1760. The third-order valence-corrected chi connectivity index (χ3v) is 11.9. The van der Waals surface area contributed by atoms with Gasteiger partial charge in [-0.3, -0.25) is 0 Å². The molecule has 3 amide bonds. The third kappa shape index (κ3) is 4.19. The fourth-order valence-corrected chi connectivity index (χ4v) is 10.4. The molecule has 3 aliphatic heterocycles. The topological polar surface area (TPSA) is 139 Å². The summed E-state index contributed by atoms with van der Waals surface area (Å²) < 4.78 is 19.8. The molecule has 4 atom stereocenters. The first kappa shape index (κ1) is 29.3. The number of nitro groups is 1. The van der Waals surface area contributed by atoms with Crippen molar-refractivity contribution in [3.63, 3.8) is 0 Å². The molecule has 0 aromatic heterocycles. The molecule has 1 spiro atoms. The molecule has 222 valence electrons. The van der Waals surface area contributed by atoms with Crippen LogP contribution < -0.4 is 31.4 Å². The Kier molecular flexibility index (Phi) is 7.29. The van der Waals surface area contributed by atoms with Crippen LogP contribution >= 0.6 is 23.2 Å². The second-order valence-corrected chi connectivity index (χ2v) is 13.6. The van der Waals surface area contributed by atoms with Gasteiger partial charge in [0.25, 0.3) is 0 Å². The molecule has 3 aromatic rings. The van der Waals surface area contributed by atoms with Crippen LogP contribution in [0.4, 0.5) is 21.5 Å². The first-order chi connectivity index (χ1) is 20.6. The van der Waals surface area contributed by atoms with Crippen LogP contribution in [0.15, 0.2) is 54.6 Å². The third-order valence-electron chi connectivity index (χ3n) is 7.98. The second kappa shape index (κ2) is 10.7. The number of ether oxygens (including phenoxy) is 1. The zero-order valence-corrected chi connectivity index (χ0v) is 25.6. The predicted molar refractivity (Wildman–Crippen MR) is 148 cm³/mol. The van der Waals surface area contributed by atoms with Gasteiger partial charge in [0.1, 0.15) is 0 Å². The van der Waals surface area contributed by atoms with Crippen LogP contribution in [-0.4, -0.2) is 49.7 Å². The zero-order valence-electron chi connectivity index (χ0n) is 21.9. The number of methoxy groups -OCH3 is 1. The molecule has 3 aromatic carbocycles. The molecule has 1 N–H and O–H groups in total. The van der Waals surface area contributed by atoms with Crippen molar-refractivity contribution < 1.29 is 54.4 Å². The van der Waals surface area contributed by atoms with Crippen LogP contribution in [0.25, 0.3) is 0 Å². The molecule has 0 radical (unpaired) electrons. The van der Waals surface area contributed by atoms with Crippen LogP contribution in [0.5, 0.6) is 0 Å². The number of benzene rings is 3. The second-order valence-electron chi connectivity index (χ2n) is 9.93. The molecule has 2 saturated heterocycles. The summed E-state index contributed by atoms with van der Waals surface area (Å²) >= 11 is 11.2. The van der Waals surface area contributed by atoms with Gasteiger partial charge in [0.05, 0.1) is 0 Å². The van der Waals surface area contributed by atoms with E-state index in [1.54, 1.807) is 6.07 Å². The molecule has 11 nitrogen and oxygen atoms in total. The molecule has 0 unspecified atom stereocenters. The number of rotatable bonds is 5. The Balaban J connectivity index is 1.57. The van der Waals surface area contributed by atoms with Crippen molar-refractivity contribution in [2.24, 2.45) is 5.92 Å². The first-order valence-corrected chi connectivity index (χ1v) is 16.1. The molecule has 2 fully saturated rings. The monoisotopic (exact) mass is 739 g/mol. The molecule has 3 aliphatic rings. The molecule has 0 bridgehead atoms. The number of carbonyl (C=O) groups is 4. The van der Waals surface area contributed by atoms with E-state index in [1.807, 2.05) is 0 Å². The van der Waals surface area contributed by atoms with Gasteiger partial charge < -0.3 is 0 Å². The minimum atomic E-state index is -1.84. The van der Waals surface area contributed by atoms with Crippen molar-refractivity contribution >= 4 is 64.5 Å². The molecular weight excluding hydrogens is 721 g/mol. The number of nitro benzene ring substituents is 1. The molecule has 43 heavy (non-hydrogen) atoms. The van der Waals surface area contributed by atoms with E-state index >= 15 is 4.39 Å². The van der Waals surface area contributed by atoms with Crippen molar-refractivity contribution in [1.82, 2.24) is 4.90 Å². The number of anilines is 2. The summed E-state index contributed by atoms with van der Waals surface area (Å²) in [6.45, 7) is 0. The van der Waals surface area contributed by atoms with Crippen LogP contribution in [0.1, 0.15) is 27.4 Å². The molecular formula is C28H19Cl2FIN4O7-. The Morgan fingerprint density at radius 2 is 1.98 bits per heavy atom. The van der Waals surface area contributed by atoms with E-state index < -0.39 is 76.8 Å². The number of fused-ring (bicyclic) bond motifs is 3. The Labute approximate surface area is 263 Å². The number of alkyl halides is 2. The number of nitrogens with zero attached hydrogens (tertiary/aromatic N) is 3. The van der Waals surface area contributed by atoms with E-state index in [0.717, 1.165) is 13.2 Å². The van der Waals surface area contributed by atoms with Crippen molar-refractivity contribution in [3.05, 3.63) is 97.3 Å². The van der Waals surface area contributed by atoms with Gasteiger partial charge in [-0.2, -0.15) is 0 Å². The quantitative estimate of drug-likeness (QED) is 0.0792. The number of hydrogen-bond donors (Lipinski definition) is 1. The van der Waals surface area contributed by atoms with Crippen molar-refractivity contribution in [2.75, 3.05) is 21.9 Å². The van der Waals surface area contributed by atoms with Gasteiger partial charge in [0.15, 0.2) is 0 Å². The van der Waals surface area contributed by atoms with Crippen LogP contribution in [0, 0.1) is 21.8 Å². The Hall–Kier alpha value is -3.82. The summed E-state index contributed by atoms with van der Waals surface area (Å²) in [6.07, 6.45) is 0.500. The van der Waals surface area contributed by atoms with E-state index in [0.29, 0.717) is 22.7 Å². The summed E-state index contributed by atoms with van der Waals surface area (Å²) in [7, 11) is 1.13. The average molecular weight is 740 g/mol. The van der Waals surface area contributed by atoms with E-state index in [2.05, 4.69) is 10.1 Å². The molecule has 0 aliphatic carbocycles. The summed E-state index contributed by atoms with van der Waals surface area (Å²) in [5.41, 5.74) is -1.92. The van der Waals surface area contributed by atoms with E-state index in [9.17, 15) is 29.3 Å². The maximum absolute atomic E-state index is 15.9. The fourth-order valence-electron chi connectivity index (χ4n) is 6.26. The summed E-state index contributed by atoms with van der Waals surface area (Å²) in [5, 5.41) is 14.9. The number of halogens is 4. The average Bonchev–Trinajstić information content (AvgIpc) is 3.44. The number of nitrogens with one attached hydrogen (secondary N) is 1. The van der Waals surface area contributed by atoms with Crippen LogP contribution in [0.2, 0.25) is 10.0 Å². The Morgan fingerprint density at radius 3 is 2.67 bits per heavy atom. The predicted octanol–water partition coefficient (Wildman–Crippen LogP) is 1.27. The van der Waals surface area contributed by atoms with Crippen molar-refractivity contribution in [3.8, 4) is 0 Å². The molecule has 3 heterocycles. The van der Waals surface area contributed by atoms with Crippen molar-refractivity contribution in [2.45, 2.75) is 15.5 Å². The van der Waals surface area contributed by atoms with E-state index in [1.165, 1.54) is 52.3 Å². The number of esters is 1. The molecule has 6 rings (SSSR count). The zero-order chi connectivity index (χ0) is 30.8. The SMILES string of the molecule is COC(=O)c1ccc(N2C[I-][C@H]3[C@@H](C2=O)[C@H](c2cccc(Cl)c2F)[C@]2(C(=O)Nc4cc(Cl)ccc42)N3C=O)c([N+](=O)[O-])c1.